The third kappa shape index (κ3) is 3.97. The summed E-state index contributed by atoms with van der Waals surface area (Å²) in [6, 6.07) is 14.9. The molecule has 1 amide bonds. The number of amides is 1. The van der Waals surface area contributed by atoms with E-state index in [4.69, 9.17) is 4.74 Å². The molecule has 0 aliphatic rings. The molecule has 0 unspecified atom stereocenters. The number of carbonyl (C=O) groups excluding carboxylic acids is 1. The zero-order valence-electron chi connectivity index (χ0n) is 16.5. The van der Waals surface area contributed by atoms with Gasteiger partial charge in [-0.25, -0.2) is 4.98 Å². The molecule has 0 aliphatic heterocycles. The fourth-order valence-electron chi connectivity index (χ4n) is 3.00. The van der Waals surface area contributed by atoms with Gasteiger partial charge in [-0.2, -0.15) is 14.6 Å². The number of nitrogens with one attached hydrogen (secondary N) is 1. The Balaban J connectivity index is 1.56. The van der Waals surface area contributed by atoms with Crippen molar-refractivity contribution in [1.29, 1.82) is 0 Å². The minimum absolute atomic E-state index is 0.141. The molecule has 0 saturated heterocycles. The molecule has 2 aromatic heterocycles. The van der Waals surface area contributed by atoms with Gasteiger partial charge in [-0.1, -0.05) is 42.1 Å². The zero-order chi connectivity index (χ0) is 21.1. The van der Waals surface area contributed by atoms with Gasteiger partial charge in [0, 0.05) is 17.5 Å². The summed E-state index contributed by atoms with van der Waals surface area (Å²) in [5.74, 6) is 0.713. The van der Waals surface area contributed by atoms with Crippen LogP contribution in [-0.2, 0) is 11.3 Å². The molecule has 4 rings (SSSR count). The van der Waals surface area contributed by atoms with Crippen LogP contribution in [0.5, 0.6) is 5.75 Å². The molecule has 2 aromatic carbocycles. The summed E-state index contributed by atoms with van der Waals surface area (Å²) in [6.07, 6.45) is 0. The third-order valence-corrected chi connectivity index (χ3v) is 5.44. The van der Waals surface area contributed by atoms with Crippen molar-refractivity contribution >= 4 is 34.2 Å². The van der Waals surface area contributed by atoms with Crippen LogP contribution in [0.4, 0.5) is 0 Å². The highest BCUT2D eigenvalue weighted by atomic mass is 32.2. The van der Waals surface area contributed by atoms with E-state index in [0.29, 0.717) is 22.9 Å². The van der Waals surface area contributed by atoms with E-state index in [-0.39, 0.29) is 22.9 Å². The van der Waals surface area contributed by atoms with Crippen molar-refractivity contribution in [3.8, 4) is 5.75 Å². The molecule has 1 N–H and O–H groups in total. The number of carbonyl (C=O) groups is 1. The number of methoxy groups -OCH3 is 1. The molecular weight excluding hydrogens is 402 g/mol. The van der Waals surface area contributed by atoms with Gasteiger partial charge in [0.05, 0.1) is 18.4 Å². The molecule has 2 heterocycles. The van der Waals surface area contributed by atoms with Crippen molar-refractivity contribution in [2.75, 3.05) is 12.9 Å². The first-order chi connectivity index (χ1) is 14.6. The average molecular weight is 421 g/mol. The van der Waals surface area contributed by atoms with Crippen molar-refractivity contribution in [3.05, 3.63) is 70.1 Å². The van der Waals surface area contributed by atoms with Crippen molar-refractivity contribution in [3.63, 3.8) is 0 Å². The lowest BCUT2D eigenvalue weighted by Crippen LogP contribution is -2.25. The van der Waals surface area contributed by atoms with Crippen LogP contribution in [0, 0.1) is 6.92 Å². The maximum atomic E-state index is 12.4. The Morgan fingerprint density at radius 3 is 2.73 bits per heavy atom. The van der Waals surface area contributed by atoms with Crippen LogP contribution in [-0.4, -0.2) is 38.4 Å². The monoisotopic (exact) mass is 421 g/mol. The first-order valence-corrected chi connectivity index (χ1v) is 10.2. The molecule has 0 bridgehead atoms. The number of rotatable bonds is 6. The largest absolute Gasteiger partial charge is 0.496 e. The van der Waals surface area contributed by atoms with Crippen molar-refractivity contribution in [2.24, 2.45) is 0 Å². The molecule has 0 radical (unpaired) electrons. The maximum absolute atomic E-state index is 12.4. The summed E-state index contributed by atoms with van der Waals surface area (Å²) in [6.45, 7) is 1.96. The molecule has 9 heteroatoms. The fourth-order valence-corrected chi connectivity index (χ4v) is 3.77. The van der Waals surface area contributed by atoms with Crippen molar-refractivity contribution in [2.45, 2.75) is 18.6 Å². The number of para-hydroxylation sites is 2. The molecule has 8 nitrogen and oxygen atoms in total. The van der Waals surface area contributed by atoms with E-state index < -0.39 is 0 Å². The normalized spacial score (nSPS) is 11.0. The number of fused-ring (bicyclic) bond motifs is 3. The summed E-state index contributed by atoms with van der Waals surface area (Å²) in [7, 11) is 1.60. The predicted molar refractivity (Wildman–Crippen MR) is 115 cm³/mol. The van der Waals surface area contributed by atoms with E-state index in [1.807, 2.05) is 48.5 Å². The molecule has 0 saturated carbocycles. The fraction of sp³-hybridized carbons (Fsp3) is 0.190. The summed E-state index contributed by atoms with van der Waals surface area (Å²) in [5.41, 5.74) is 1.90. The van der Waals surface area contributed by atoms with Gasteiger partial charge < -0.3 is 10.1 Å². The van der Waals surface area contributed by atoms with E-state index in [1.165, 1.54) is 16.3 Å². The molecule has 0 atom stereocenters. The van der Waals surface area contributed by atoms with Gasteiger partial charge in [-0.15, -0.1) is 0 Å². The zero-order valence-corrected chi connectivity index (χ0v) is 17.3. The third-order valence-electron chi connectivity index (χ3n) is 4.51. The predicted octanol–water partition coefficient (Wildman–Crippen LogP) is 2.36. The number of benzene rings is 2. The number of thioether (sulfide) groups is 1. The van der Waals surface area contributed by atoms with E-state index >= 15 is 0 Å². The number of aromatic nitrogens is 4. The van der Waals surface area contributed by atoms with Gasteiger partial charge >= 0.3 is 0 Å². The molecule has 152 valence electrons. The second kappa shape index (κ2) is 8.50. The summed E-state index contributed by atoms with van der Waals surface area (Å²) in [5, 5.41) is 8.44. The Bertz CT molecular complexity index is 1310. The lowest BCUT2D eigenvalue weighted by Gasteiger charge is -2.11. The highest BCUT2D eigenvalue weighted by Crippen LogP contribution is 2.23. The Kier molecular flexibility index (Phi) is 5.62. The Morgan fingerprint density at radius 2 is 1.90 bits per heavy atom. The molecule has 0 spiro atoms. The quantitative estimate of drug-likeness (QED) is 0.290. The van der Waals surface area contributed by atoms with Crippen molar-refractivity contribution in [1.82, 2.24) is 24.9 Å². The van der Waals surface area contributed by atoms with Crippen LogP contribution in [0.2, 0.25) is 0 Å². The number of nitrogens with zero attached hydrogens (tertiary/aromatic N) is 4. The van der Waals surface area contributed by atoms with E-state index in [9.17, 15) is 9.59 Å². The second-order valence-corrected chi connectivity index (χ2v) is 7.47. The Morgan fingerprint density at radius 1 is 1.13 bits per heavy atom. The number of ether oxygens (including phenoxy) is 1. The smallest absolute Gasteiger partial charge is 0.294 e. The first kappa shape index (κ1) is 19.8. The van der Waals surface area contributed by atoms with Crippen LogP contribution in [0.3, 0.4) is 0 Å². The van der Waals surface area contributed by atoms with Gasteiger partial charge in [0.2, 0.25) is 5.91 Å². The molecule has 4 aromatic rings. The van der Waals surface area contributed by atoms with Crippen LogP contribution in [0.1, 0.15) is 11.3 Å². The van der Waals surface area contributed by atoms with Gasteiger partial charge in [-0.3, -0.25) is 9.59 Å². The summed E-state index contributed by atoms with van der Waals surface area (Å²) < 4.78 is 6.83. The van der Waals surface area contributed by atoms with Gasteiger partial charge in [0.1, 0.15) is 11.4 Å². The van der Waals surface area contributed by atoms with Gasteiger partial charge in [0.25, 0.3) is 5.56 Å². The highest BCUT2D eigenvalue weighted by Gasteiger charge is 2.14. The molecular formula is C21H19N5O3S. The standard InChI is InChI=1S/C21H19N5O3S/c1-13-20(28)24-19-15-8-4-5-9-16(15)23-21(26(19)25-13)30-12-18(27)22-11-14-7-3-6-10-17(14)29-2/h3-10H,11-12H2,1-2H3,(H,22,27). The number of aryl methyl sites for hydroxylation is 1. The Hall–Kier alpha value is -3.46. The molecule has 0 aliphatic carbocycles. The second-order valence-electron chi connectivity index (χ2n) is 6.53. The van der Waals surface area contributed by atoms with E-state index in [2.05, 4.69) is 20.4 Å². The molecule has 30 heavy (non-hydrogen) atoms. The first-order valence-electron chi connectivity index (χ1n) is 9.24. The SMILES string of the molecule is COc1ccccc1CNC(=O)CSc1nc2ccccc2c2nc(=O)c(C)nn12. The number of hydrogen-bond acceptors (Lipinski definition) is 7. The lowest BCUT2D eigenvalue weighted by atomic mass is 10.2. The Labute approximate surface area is 176 Å². The number of hydrogen-bond donors (Lipinski definition) is 1. The lowest BCUT2D eigenvalue weighted by molar-refractivity contribution is -0.118. The molecule has 0 fully saturated rings. The van der Waals surface area contributed by atoms with Gasteiger partial charge in [0.15, 0.2) is 10.8 Å². The average Bonchev–Trinajstić information content (AvgIpc) is 2.77. The van der Waals surface area contributed by atoms with E-state index in [0.717, 1.165) is 16.7 Å². The topological polar surface area (TPSA) is 98.5 Å². The van der Waals surface area contributed by atoms with E-state index in [1.54, 1.807) is 14.0 Å². The highest BCUT2D eigenvalue weighted by molar-refractivity contribution is 7.99. The maximum Gasteiger partial charge on any atom is 0.294 e. The minimum atomic E-state index is -0.378. The van der Waals surface area contributed by atoms with Crippen LogP contribution < -0.4 is 15.6 Å². The minimum Gasteiger partial charge on any atom is -0.496 e. The van der Waals surface area contributed by atoms with Gasteiger partial charge in [-0.05, 0) is 25.1 Å². The van der Waals surface area contributed by atoms with Crippen LogP contribution >= 0.6 is 11.8 Å². The van der Waals surface area contributed by atoms with Crippen molar-refractivity contribution < 1.29 is 9.53 Å². The summed E-state index contributed by atoms with van der Waals surface area (Å²) >= 11 is 1.24. The van der Waals surface area contributed by atoms with Crippen LogP contribution in [0.25, 0.3) is 16.6 Å². The summed E-state index contributed by atoms with van der Waals surface area (Å²) in [4.78, 5) is 33.2. The van der Waals surface area contributed by atoms with Crippen LogP contribution in [0.15, 0.2) is 58.5 Å².